The lowest BCUT2D eigenvalue weighted by Crippen LogP contribution is -2.39. The molecule has 0 aliphatic rings. The molecule has 4 nitrogen and oxygen atoms in total. The zero-order chi connectivity index (χ0) is 13.8. The van der Waals surface area contributed by atoms with Crippen molar-refractivity contribution < 1.29 is 0 Å². The van der Waals surface area contributed by atoms with Crippen LogP contribution in [0.4, 0.5) is 5.69 Å². The Labute approximate surface area is 118 Å². The van der Waals surface area contributed by atoms with E-state index in [4.69, 9.17) is 28.9 Å². The highest BCUT2D eigenvalue weighted by atomic mass is 35.5. The molecular weight excluding hydrogens is 271 g/mol. The first-order valence-electron chi connectivity index (χ1n) is 6.03. The molecule has 102 valence electrons. The number of anilines is 1. The van der Waals surface area contributed by atoms with Crippen LogP contribution in [0.3, 0.4) is 0 Å². The molecule has 0 atom stereocenters. The van der Waals surface area contributed by atoms with Gasteiger partial charge in [0.1, 0.15) is 0 Å². The second-order valence-corrected chi connectivity index (χ2v) is 5.88. The van der Waals surface area contributed by atoms with E-state index in [2.05, 4.69) is 35.9 Å². The maximum absolute atomic E-state index is 6.09. The molecule has 0 unspecified atom stereocenters. The highest BCUT2D eigenvalue weighted by Crippen LogP contribution is 2.28. The quantitative estimate of drug-likeness (QED) is 0.875. The average molecular weight is 291 g/mol. The molecule has 1 heterocycles. The summed E-state index contributed by atoms with van der Waals surface area (Å²) in [6.45, 7) is 8.66. The molecule has 0 saturated carbocycles. The monoisotopic (exact) mass is 290 g/mol. The van der Waals surface area contributed by atoms with Gasteiger partial charge in [-0.3, -0.25) is 0 Å². The summed E-state index contributed by atoms with van der Waals surface area (Å²) < 4.78 is 0. The molecule has 18 heavy (non-hydrogen) atoms. The summed E-state index contributed by atoms with van der Waals surface area (Å²) in [5, 5.41) is 8.30. The summed E-state index contributed by atoms with van der Waals surface area (Å²) in [4.78, 5) is 2.16. The summed E-state index contributed by atoms with van der Waals surface area (Å²) >= 11 is 12.0. The van der Waals surface area contributed by atoms with Crippen LogP contribution in [-0.4, -0.2) is 29.8 Å². The second kappa shape index (κ2) is 6.55. The Hall–Kier alpha value is -0.580. The van der Waals surface area contributed by atoms with Crippen molar-refractivity contribution in [1.29, 1.82) is 0 Å². The van der Waals surface area contributed by atoms with Gasteiger partial charge in [0.15, 0.2) is 10.3 Å². The minimum absolute atomic E-state index is 0.00818. The number of halogens is 2. The van der Waals surface area contributed by atoms with Crippen LogP contribution in [0.25, 0.3) is 0 Å². The first-order chi connectivity index (χ1) is 8.39. The molecule has 0 aliphatic carbocycles. The Morgan fingerprint density at radius 2 is 2.00 bits per heavy atom. The molecule has 1 rings (SSSR count). The third-order valence-corrected chi connectivity index (χ3v) is 3.16. The van der Waals surface area contributed by atoms with Crippen LogP contribution >= 0.6 is 23.2 Å². The molecule has 0 spiro atoms. The molecule has 1 aromatic rings. The first-order valence-corrected chi connectivity index (χ1v) is 6.79. The standard InChI is InChI=1S/C12H20Cl2N4/c1-4-5-18(8-12(2,3)7-15)9-6-10(13)16-17-11(9)14/h6H,4-5,7-8,15H2,1-3H3. The fourth-order valence-electron chi connectivity index (χ4n) is 1.70. The second-order valence-electron chi connectivity index (χ2n) is 5.13. The smallest absolute Gasteiger partial charge is 0.175 e. The molecule has 0 aliphatic heterocycles. The number of hydrogen-bond donors (Lipinski definition) is 1. The maximum atomic E-state index is 6.09. The van der Waals surface area contributed by atoms with Crippen LogP contribution in [0, 0.1) is 5.41 Å². The zero-order valence-electron chi connectivity index (χ0n) is 11.1. The number of rotatable bonds is 6. The molecule has 2 N–H and O–H groups in total. The fourth-order valence-corrected chi connectivity index (χ4v) is 2.05. The van der Waals surface area contributed by atoms with Gasteiger partial charge in [0.05, 0.1) is 5.69 Å². The summed E-state index contributed by atoms with van der Waals surface area (Å²) in [6, 6.07) is 1.75. The minimum atomic E-state index is 0.00818. The molecule has 0 bridgehead atoms. The van der Waals surface area contributed by atoms with Crippen molar-refractivity contribution in [1.82, 2.24) is 10.2 Å². The van der Waals surface area contributed by atoms with Crippen LogP contribution in [0.15, 0.2) is 6.07 Å². The van der Waals surface area contributed by atoms with E-state index in [-0.39, 0.29) is 5.41 Å². The van der Waals surface area contributed by atoms with Gasteiger partial charge in [-0.25, -0.2) is 0 Å². The topological polar surface area (TPSA) is 55.0 Å². The minimum Gasteiger partial charge on any atom is -0.368 e. The lowest BCUT2D eigenvalue weighted by molar-refractivity contribution is 0.377. The van der Waals surface area contributed by atoms with Crippen LogP contribution in [0.1, 0.15) is 27.2 Å². The largest absolute Gasteiger partial charge is 0.368 e. The van der Waals surface area contributed by atoms with Gasteiger partial charge in [0, 0.05) is 19.2 Å². The predicted molar refractivity (Wildman–Crippen MR) is 77.4 cm³/mol. The van der Waals surface area contributed by atoms with Crippen molar-refractivity contribution in [2.75, 3.05) is 24.5 Å². The van der Waals surface area contributed by atoms with E-state index < -0.39 is 0 Å². The highest BCUT2D eigenvalue weighted by molar-refractivity contribution is 6.33. The lowest BCUT2D eigenvalue weighted by Gasteiger charge is -2.33. The Kier molecular flexibility index (Phi) is 5.63. The van der Waals surface area contributed by atoms with Gasteiger partial charge >= 0.3 is 0 Å². The van der Waals surface area contributed by atoms with E-state index in [0.717, 1.165) is 25.2 Å². The van der Waals surface area contributed by atoms with Crippen molar-refractivity contribution >= 4 is 28.9 Å². The third-order valence-electron chi connectivity index (χ3n) is 2.71. The number of nitrogens with zero attached hydrogens (tertiary/aromatic N) is 3. The van der Waals surface area contributed by atoms with Gasteiger partial charge in [-0.05, 0) is 18.4 Å². The van der Waals surface area contributed by atoms with Crippen LogP contribution < -0.4 is 10.6 Å². The summed E-state index contributed by atoms with van der Waals surface area (Å²) in [6.07, 6.45) is 1.01. The highest BCUT2D eigenvalue weighted by Gasteiger charge is 2.22. The average Bonchev–Trinajstić information content (AvgIpc) is 2.31. The Balaban J connectivity index is 3.00. The Morgan fingerprint density at radius 3 is 2.56 bits per heavy atom. The van der Waals surface area contributed by atoms with Crippen LogP contribution in [-0.2, 0) is 0 Å². The molecule has 6 heteroatoms. The fraction of sp³-hybridized carbons (Fsp3) is 0.667. The van der Waals surface area contributed by atoms with Gasteiger partial charge in [0.25, 0.3) is 0 Å². The van der Waals surface area contributed by atoms with Gasteiger partial charge in [-0.1, -0.05) is 44.0 Å². The van der Waals surface area contributed by atoms with E-state index in [1.165, 1.54) is 0 Å². The normalized spacial score (nSPS) is 11.7. The molecule has 1 aromatic heterocycles. The van der Waals surface area contributed by atoms with E-state index in [0.29, 0.717) is 16.9 Å². The molecule has 0 aromatic carbocycles. The van der Waals surface area contributed by atoms with Crippen molar-refractivity contribution in [3.05, 3.63) is 16.4 Å². The SMILES string of the molecule is CCCN(CC(C)(C)CN)c1cc(Cl)nnc1Cl. The maximum Gasteiger partial charge on any atom is 0.175 e. The summed E-state index contributed by atoms with van der Waals surface area (Å²) in [5.41, 5.74) is 6.61. The lowest BCUT2D eigenvalue weighted by atomic mass is 9.93. The van der Waals surface area contributed by atoms with Crippen molar-refractivity contribution in [2.24, 2.45) is 11.1 Å². The Bertz CT molecular complexity index is 396. The summed E-state index contributed by atoms with van der Waals surface area (Å²) in [5.74, 6) is 0. The molecule has 0 saturated heterocycles. The number of hydrogen-bond acceptors (Lipinski definition) is 4. The molecule has 0 fully saturated rings. The van der Waals surface area contributed by atoms with Crippen LogP contribution in [0.5, 0.6) is 0 Å². The zero-order valence-corrected chi connectivity index (χ0v) is 12.6. The van der Waals surface area contributed by atoms with Gasteiger partial charge in [-0.15, -0.1) is 10.2 Å². The van der Waals surface area contributed by atoms with Crippen molar-refractivity contribution in [3.8, 4) is 0 Å². The van der Waals surface area contributed by atoms with Gasteiger partial charge in [-0.2, -0.15) is 0 Å². The van der Waals surface area contributed by atoms with E-state index in [1.807, 2.05) is 0 Å². The third kappa shape index (κ3) is 4.26. The Morgan fingerprint density at radius 1 is 1.33 bits per heavy atom. The van der Waals surface area contributed by atoms with Gasteiger partial charge < -0.3 is 10.6 Å². The van der Waals surface area contributed by atoms with E-state index >= 15 is 0 Å². The summed E-state index contributed by atoms with van der Waals surface area (Å²) in [7, 11) is 0. The van der Waals surface area contributed by atoms with Gasteiger partial charge in [0.2, 0.25) is 0 Å². The van der Waals surface area contributed by atoms with Crippen molar-refractivity contribution in [2.45, 2.75) is 27.2 Å². The first kappa shape index (κ1) is 15.5. The number of aromatic nitrogens is 2. The van der Waals surface area contributed by atoms with Crippen LogP contribution in [0.2, 0.25) is 10.3 Å². The van der Waals surface area contributed by atoms with E-state index in [1.54, 1.807) is 6.07 Å². The van der Waals surface area contributed by atoms with E-state index in [9.17, 15) is 0 Å². The molecule has 0 radical (unpaired) electrons. The molecular formula is C12H20Cl2N4. The predicted octanol–water partition coefficient (Wildman–Crippen LogP) is 2.98. The van der Waals surface area contributed by atoms with Crippen molar-refractivity contribution in [3.63, 3.8) is 0 Å². The molecule has 0 amide bonds. The number of nitrogens with two attached hydrogens (primary N) is 1.